The zero-order valence-electron chi connectivity index (χ0n) is 13.1. The summed E-state index contributed by atoms with van der Waals surface area (Å²) in [4.78, 5) is 12.3. The van der Waals surface area contributed by atoms with Crippen molar-refractivity contribution in [3.8, 4) is 0 Å². The summed E-state index contributed by atoms with van der Waals surface area (Å²) in [6.45, 7) is 5.95. The lowest BCUT2D eigenvalue weighted by molar-refractivity contribution is -0.116. The molecule has 0 radical (unpaired) electrons. The minimum Gasteiger partial charge on any atom is -0.374 e. The second-order valence-corrected chi connectivity index (χ2v) is 5.60. The molecule has 2 rings (SSSR count). The van der Waals surface area contributed by atoms with E-state index in [2.05, 4.69) is 24.5 Å². The normalized spacial score (nSPS) is 12.0. The van der Waals surface area contributed by atoms with Crippen molar-refractivity contribution in [2.24, 2.45) is 0 Å². The molecular weight excluding hydrogens is 279 g/mol. The van der Waals surface area contributed by atoms with Crippen molar-refractivity contribution in [2.45, 2.75) is 32.7 Å². The predicted molar refractivity (Wildman–Crippen MR) is 88.6 cm³/mol. The molecule has 3 nitrogen and oxygen atoms in total. The number of halogens is 1. The van der Waals surface area contributed by atoms with Crippen LogP contribution in [0.4, 0.5) is 15.8 Å². The number of hydrogen-bond donors (Lipinski definition) is 2. The molecule has 0 aromatic heterocycles. The Kier molecular flexibility index (Phi) is 5.15. The van der Waals surface area contributed by atoms with Gasteiger partial charge in [-0.3, -0.25) is 4.79 Å². The highest BCUT2D eigenvalue weighted by atomic mass is 19.1. The molecule has 0 fully saturated rings. The molecule has 0 aliphatic carbocycles. The van der Waals surface area contributed by atoms with Crippen LogP contribution in [-0.4, -0.2) is 11.9 Å². The van der Waals surface area contributed by atoms with Gasteiger partial charge < -0.3 is 10.6 Å². The smallest absolute Gasteiger partial charge is 0.246 e. The summed E-state index contributed by atoms with van der Waals surface area (Å²) in [5, 5.41) is 6.01. The van der Waals surface area contributed by atoms with Gasteiger partial charge in [0.15, 0.2) is 0 Å². The maximum Gasteiger partial charge on any atom is 0.246 e. The van der Waals surface area contributed by atoms with Crippen LogP contribution in [0.15, 0.2) is 48.5 Å². The van der Waals surface area contributed by atoms with Crippen molar-refractivity contribution >= 4 is 17.3 Å². The van der Waals surface area contributed by atoms with E-state index in [9.17, 15) is 9.18 Å². The minimum atomic E-state index is -0.425. The average Bonchev–Trinajstić information content (AvgIpc) is 2.49. The van der Waals surface area contributed by atoms with Crippen LogP contribution in [-0.2, 0) is 4.79 Å². The molecular formula is C18H21FN2O. The minimum absolute atomic E-state index is 0.127. The largest absolute Gasteiger partial charge is 0.374 e. The summed E-state index contributed by atoms with van der Waals surface area (Å²) in [5.74, 6) is -0.0946. The van der Waals surface area contributed by atoms with E-state index in [1.165, 1.54) is 12.1 Å². The second kappa shape index (κ2) is 7.07. The van der Waals surface area contributed by atoms with Crippen LogP contribution in [0.3, 0.4) is 0 Å². The van der Waals surface area contributed by atoms with Crippen molar-refractivity contribution in [1.82, 2.24) is 0 Å². The van der Waals surface area contributed by atoms with E-state index in [0.29, 0.717) is 11.6 Å². The Morgan fingerprint density at radius 3 is 2.27 bits per heavy atom. The number of para-hydroxylation sites is 1. The van der Waals surface area contributed by atoms with Crippen LogP contribution < -0.4 is 10.6 Å². The monoisotopic (exact) mass is 300 g/mol. The Labute approximate surface area is 130 Å². The summed E-state index contributed by atoms with van der Waals surface area (Å²) in [6.07, 6.45) is 0. The van der Waals surface area contributed by atoms with Crippen molar-refractivity contribution in [3.63, 3.8) is 0 Å². The van der Waals surface area contributed by atoms with E-state index >= 15 is 0 Å². The fourth-order valence-electron chi connectivity index (χ4n) is 2.22. The number of benzene rings is 2. The first-order valence-electron chi connectivity index (χ1n) is 7.39. The average molecular weight is 300 g/mol. The topological polar surface area (TPSA) is 41.1 Å². The molecule has 116 valence electrons. The van der Waals surface area contributed by atoms with Crippen molar-refractivity contribution in [3.05, 3.63) is 59.9 Å². The van der Waals surface area contributed by atoms with Gasteiger partial charge in [-0.05, 0) is 48.7 Å². The molecule has 2 aromatic carbocycles. The van der Waals surface area contributed by atoms with E-state index in [-0.39, 0.29) is 11.7 Å². The van der Waals surface area contributed by atoms with E-state index in [1.54, 1.807) is 19.1 Å². The molecule has 0 aliphatic rings. The lowest BCUT2D eigenvalue weighted by Gasteiger charge is -2.18. The molecule has 1 atom stereocenters. The van der Waals surface area contributed by atoms with Gasteiger partial charge in [-0.15, -0.1) is 0 Å². The summed E-state index contributed by atoms with van der Waals surface area (Å²) >= 11 is 0. The van der Waals surface area contributed by atoms with Gasteiger partial charge in [0, 0.05) is 11.4 Å². The van der Waals surface area contributed by atoms with Crippen LogP contribution in [0.25, 0.3) is 0 Å². The zero-order valence-corrected chi connectivity index (χ0v) is 13.1. The molecule has 0 saturated carbocycles. The first kappa shape index (κ1) is 16.0. The molecule has 22 heavy (non-hydrogen) atoms. The van der Waals surface area contributed by atoms with Crippen LogP contribution >= 0.6 is 0 Å². The van der Waals surface area contributed by atoms with Crippen molar-refractivity contribution in [2.75, 3.05) is 10.6 Å². The fourth-order valence-corrected chi connectivity index (χ4v) is 2.22. The molecule has 0 bridgehead atoms. The van der Waals surface area contributed by atoms with Crippen molar-refractivity contribution in [1.29, 1.82) is 0 Å². The van der Waals surface area contributed by atoms with Crippen LogP contribution in [0, 0.1) is 5.82 Å². The highest BCUT2D eigenvalue weighted by molar-refractivity contribution is 5.96. The molecule has 4 heteroatoms. The third-order valence-electron chi connectivity index (χ3n) is 3.46. The first-order chi connectivity index (χ1) is 10.5. The van der Waals surface area contributed by atoms with E-state index in [1.807, 2.05) is 24.3 Å². The highest BCUT2D eigenvalue weighted by Crippen LogP contribution is 2.24. The maximum absolute atomic E-state index is 12.9. The molecule has 0 heterocycles. The molecule has 2 N–H and O–H groups in total. The SMILES string of the molecule is CC(C)c1ccccc1NC(=O)[C@H](C)Nc1ccc(F)cc1. The standard InChI is InChI=1S/C18H21FN2O/c1-12(2)16-6-4-5-7-17(16)21-18(22)13(3)20-15-10-8-14(19)9-11-15/h4-13,20H,1-3H3,(H,21,22)/t13-/m0/s1. The van der Waals surface area contributed by atoms with E-state index in [0.717, 1.165) is 11.3 Å². The number of carbonyl (C=O) groups excluding carboxylic acids is 1. The summed E-state index contributed by atoms with van der Waals surface area (Å²) in [7, 11) is 0. The van der Waals surface area contributed by atoms with Gasteiger partial charge in [0.1, 0.15) is 11.9 Å². The van der Waals surface area contributed by atoms with E-state index in [4.69, 9.17) is 0 Å². The number of anilines is 2. The third kappa shape index (κ3) is 4.07. The summed E-state index contributed by atoms with van der Waals surface area (Å²) in [5.41, 5.74) is 2.64. The van der Waals surface area contributed by atoms with Gasteiger partial charge in [0.2, 0.25) is 5.91 Å². The number of rotatable bonds is 5. The van der Waals surface area contributed by atoms with Gasteiger partial charge in [-0.1, -0.05) is 32.0 Å². The second-order valence-electron chi connectivity index (χ2n) is 5.60. The fraction of sp³-hybridized carbons (Fsp3) is 0.278. The lowest BCUT2D eigenvalue weighted by Crippen LogP contribution is -2.32. The summed E-state index contributed by atoms with van der Waals surface area (Å²) in [6, 6.07) is 13.3. The molecule has 0 spiro atoms. The first-order valence-corrected chi connectivity index (χ1v) is 7.39. The highest BCUT2D eigenvalue weighted by Gasteiger charge is 2.15. The van der Waals surface area contributed by atoms with Gasteiger partial charge in [-0.25, -0.2) is 4.39 Å². The Balaban J connectivity index is 2.04. The third-order valence-corrected chi connectivity index (χ3v) is 3.46. The number of hydrogen-bond acceptors (Lipinski definition) is 2. The van der Waals surface area contributed by atoms with E-state index < -0.39 is 6.04 Å². The number of nitrogens with one attached hydrogen (secondary N) is 2. The number of amides is 1. The van der Waals surface area contributed by atoms with Crippen LogP contribution in [0.2, 0.25) is 0 Å². The maximum atomic E-state index is 12.9. The molecule has 0 aliphatic heterocycles. The zero-order chi connectivity index (χ0) is 16.1. The van der Waals surface area contributed by atoms with Crippen LogP contribution in [0.1, 0.15) is 32.3 Å². The number of carbonyl (C=O) groups is 1. The lowest BCUT2D eigenvalue weighted by atomic mass is 10.0. The van der Waals surface area contributed by atoms with Gasteiger partial charge in [-0.2, -0.15) is 0 Å². The Morgan fingerprint density at radius 1 is 1.00 bits per heavy atom. The Hall–Kier alpha value is -2.36. The molecule has 0 unspecified atom stereocenters. The van der Waals surface area contributed by atoms with Gasteiger partial charge in [0.05, 0.1) is 0 Å². The predicted octanol–water partition coefficient (Wildman–Crippen LogP) is 4.39. The molecule has 1 amide bonds. The molecule has 2 aromatic rings. The van der Waals surface area contributed by atoms with Gasteiger partial charge >= 0.3 is 0 Å². The van der Waals surface area contributed by atoms with Crippen LogP contribution in [0.5, 0.6) is 0 Å². The Bertz CT molecular complexity index is 638. The summed E-state index contributed by atoms with van der Waals surface area (Å²) < 4.78 is 12.9. The van der Waals surface area contributed by atoms with Gasteiger partial charge in [0.25, 0.3) is 0 Å². The molecule has 0 saturated heterocycles. The Morgan fingerprint density at radius 2 is 1.64 bits per heavy atom. The van der Waals surface area contributed by atoms with Crippen molar-refractivity contribution < 1.29 is 9.18 Å². The quantitative estimate of drug-likeness (QED) is 0.860.